The molecule has 38 heavy (non-hydrogen) atoms. The normalized spacial score (nSPS) is 11.3. The zero-order valence-electron chi connectivity index (χ0n) is 21.1. The second-order valence-electron chi connectivity index (χ2n) is 8.03. The van der Waals surface area contributed by atoms with Gasteiger partial charge in [0.05, 0.1) is 25.2 Å². The van der Waals surface area contributed by atoms with Crippen LogP contribution in [0.2, 0.25) is 0 Å². The van der Waals surface area contributed by atoms with Crippen LogP contribution in [0.5, 0.6) is 17.2 Å². The molecule has 8 nitrogen and oxygen atoms in total. The summed E-state index contributed by atoms with van der Waals surface area (Å²) in [6.45, 7) is 1.75. The first-order valence-corrected chi connectivity index (χ1v) is 13.4. The molecule has 0 aliphatic carbocycles. The van der Waals surface area contributed by atoms with Gasteiger partial charge in [-0.15, -0.1) is 23.1 Å². The van der Waals surface area contributed by atoms with E-state index in [9.17, 15) is 9.59 Å². The van der Waals surface area contributed by atoms with Crippen molar-refractivity contribution in [3.63, 3.8) is 0 Å². The van der Waals surface area contributed by atoms with E-state index >= 15 is 0 Å². The quantitative estimate of drug-likeness (QED) is 0.223. The highest BCUT2D eigenvalue weighted by Gasteiger charge is 2.17. The van der Waals surface area contributed by atoms with Crippen LogP contribution in [-0.4, -0.2) is 42.9 Å². The predicted molar refractivity (Wildman–Crippen MR) is 152 cm³/mol. The van der Waals surface area contributed by atoms with Crippen LogP contribution >= 0.6 is 23.1 Å². The van der Waals surface area contributed by atoms with Crippen LogP contribution in [0.4, 0.5) is 10.8 Å². The number of carbonyl (C=O) groups is 2. The van der Waals surface area contributed by atoms with Crippen molar-refractivity contribution in [2.75, 3.05) is 31.5 Å². The minimum atomic E-state index is -0.358. The summed E-state index contributed by atoms with van der Waals surface area (Å²) in [5.41, 5.74) is 2.25. The number of amides is 2. The first-order valence-electron chi connectivity index (χ1n) is 11.7. The summed E-state index contributed by atoms with van der Waals surface area (Å²) in [6, 6.07) is 22.0. The number of carbonyl (C=O) groups excluding carboxylic acids is 2. The molecule has 2 N–H and O–H groups in total. The van der Waals surface area contributed by atoms with Gasteiger partial charge in [0.1, 0.15) is 5.75 Å². The van der Waals surface area contributed by atoms with Crippen molar-refractivity contribution in [3.8, 4) is 28.5 Å². The Morgan fingerprint density at radius 2 is 1.68 bits per heavy atom. The van der Waals surface area contributed by atoms with E-state index in [4.69, 9.17) is 14.2 Å². The lowest BCUT2D eigenvalue weighted by atomic mass is 10.1. The van der Waals surface area contributed by atoms with E-state index < -0.39 is 0 Å². The molecule has 0 aliphatic rings. The number of anilines is 2. The molecule has 4 aromatic rings. The van der Waals surface area contributed by atoms with E-state index in [2.05, 4.69) is 15.6 Å². The van der Waals surface area contributed by atoms with Crippen molar-refractivity contribution in [1.29, 1.82) is 0 Å². The first-order chi connectivity index (χ1) is 18.4. The lowest BCUT2D eigenvalue weighted by Gasteiger charge is -2.11. The van der Waals surface area contributed by atoms with Crippen molar-refractivity contribution >= 4 is 45.7 Å². The Balaban J connectivity index is 1.27. The fraction of sp³-hybridized carbons (Fsp3) is 0.179. The Hall–Kier alpha value is -4.02. The van der Waals surface area contributed by atoms with Gasteiger partial charge >= 0.3 is 0 Å². The number of hydrogen-bond donors (Lipinski definition) is 2. The highest BCUT2D eigenvalue weighted by atomic mass is 32.2. The third-order valence-corrected chi connectivity index (χ3v) is 7.22. The van der Waals surface area contributed by atoms with Gasteiger partial charge in [-0.1, -0.05) is 18.2 Å². The van der Waals surface area contributed by atoms with Gasteiger partial charge in [-0.25, -0.2) is 4.98 Å². The van der Waals surface area contributed by atoms with Crippen molar-refractivity contribution in [2.45, 2.75) is 17.1 Å². The SMILES string of the molecule is COc1ccc(-c2csc(NC(=O)C(C)Sc3ccc(NC(=O)COc4ccccc4)cc3)n2)cc1OC. The van der Waals surface area contributed by atoms with Crippen molar-refractivity contribution in [2.24, 2.45) is 0 Å². The Kier molecular flexibility index (Phi) is 9.23. The lowest BCUT2D eigenvalue weighted by molar-refractivity contribution is -0.118. The summed E-state index contributed by atoms with van der Waals surface area (Å²) in [5, 5.41) is 7.73. The number of nitrogens with one attached hydrogen (secondary N) is 2. The minimum Gasteiger partial charge on any atom is -0.493 e. The molecule has 1 unspecified atom stereocenters. The number of aromatic nitrogens is 1. The topological polar surface area (TPSA) is 98.8 Å². The largest absolute Gasteiger partial charge is 0.493 e. The number of nitrogens with zero attached hydrogens (tertiary/aromatic N) is 1. The molecule has 196 valence electrons. The van der Waals surface area contributed by atoms with Crippen molar-refractivity contribution < 1.29 is 23.8 Å². The maximum atomic E-state index is 12.8. The molecular formula is C28H27N3O5S2. The van der Waals surface area contributed by atoms with Crippen LogP contribution < -0.4 is 24.8 Å². The lowest BCUT2D eigenvalue weighted by Crippen LogP contribution is -2.22. The molecule has 1 heterocycles. The monoisotopic (exact) mass is 549 g/mol. The molecule has 3 aromatic carbocycles. The third-order valence-electron chi connectivity index (χ3n) is 5.35. The highest BCUT2D eigenvalue weighted by Crippen LogP contribution is 2.34. The Labute approximate surface area is 229 Å². The molecule has 2 amide bonds. The maximum Gasteiger partial charge on any atom is 0.262 e. The summed E-state index contributed by atoms with van der Waals surface area (Å²) in [4.78, 5) is 30.4. The summed E-state index contributed by atoms with van der Waals surface area (Å²) in [7, 11) is 3.17. The molecule has 4 rings (SSSR count). The smallest absolute Gasteiger partial charge is 0.262 e. The molecule has 0 aliphatic heterocycles. The number of thiazole rings is 1. The zero-order chi connectivity index (χ0) is 26.9. The van der Waals surface area contributed by atoms with Crippen LogP contribution in [0.3, 0.4) is 0 Å². The number of methoxy groups -OCH3 is 2. The molecule has 1 atom stereocenters. The number of thioether (sulfide) groups is 1. The van der Waals surface area contributed by atoms with Crippen LogP contribution in [0, 0.1) is 0 Å². The Bertz CT molecular complexity index is 1380. The van der Waals surface area contributed by atoms with Gasteiger partial charge in [0.15, 0.2) is 23.2 Å². The van der Waals surface area contributed by atoms with Gasteiger partial charge in [-0.3, -0.25) is 9.59 Å². The minimum absolute atomic E-state index is 0.0812. The fourth-order valence-corrected chi connectivity index (χ4v) is 4.99. The number of benzene rings is 3. The summed E-state index contributed by atoms with van der Waals surface area (Å²) >= 11 is 2.77. The predicted octanol–water partition coefficient (Wildman–Crippen LogP) is 5.96. The second kappa shape index (κ2) is 13.0. The molecule has 10 heteroatoms. The number of hydrogen-bond acceptors (Lipinski definition) is 8. The standard InChI is InChI=1S/C28H27N3O5S2/c1-18(27(33)31-28-30-23(17-37-28)19-9-14-24(34-2)25(15-19)35-3)38-22-12-10-20(11-13-22)29-26(32)16-36-21-7-5-4-6-8-21/h4-15,17-18H,16H2,1-3H3,(H,29,32)(H,30,31,33). The summed E-state index contributed by atoms with van der Waals surface area (Å²) in [6.07, 6.45) is 0. The molecule has 0 bridgehead atoms. The van der Waals surface area contributed by atoms with Crippen LogP contribution in [0.15, 0.2) is 83.1 Å². The second-order valence-corrected chi connectivity index (χ2v) is 10.3. The molecule has 1 aromatic heterocycles. The number of rotatable bonds is 11. The molecule has 0 fully saturated rings. The average molecular weight is 550 g/mol. The van der Waals surface area contributed by atoms with E-state index in [0.717, 1.165) is 16.2 Å². The molecule has 0 radical (unpaired) electrons. The molecule has 0 spiro atoms. The summed E-state index contributed by atoms with van der Waals surface area (Å²) in [5.74, 6) is 1.48. The van der Waals surface area contributed by atoms with E-state index in [1.54, 1.807) is 38.5 Å². The fourth-order valence-electron chi connectivity index (χ4n) is 3.40. The van der Waals surface area contributed by atoms with Crippen LogP contribution in [-0.2, 0) is 9.59 Å². The highest BCUT2D eigenvalue weighted by molar-refractivity contribution is 8.00. The van der Waals surface area contributed by atoms with E-state index in [1.165, 1.54) is 23.1 Å². The molecule has 0 saturated carbocycles. The average Bonchev–Trinajstić information content (AvgIpc) is 3.41. The van der Waals surface area contributed by atoms with Crippen molar-refractivity contribution in [3.05, 3.63) is 78.2 Å². The first kappa shape index (κ1) is 27.0. The van der Waals surface area contributed by atoms with Gasteiger partial charge in [-0.05, 0) is 61.5 Å². The van der Waals surface area contributed by atoms with E-state index in [0.29, 0.717) is 28.1 Å². The van der Waals surface area contributed by atoms with Crippen LogP contribution in [0.25, 0.3) is 11.3 Å². The van der Waals surface area contributed by atoms with E-state index in [1.807, 2.05) is 60.8 Å². The number of para-hydroxylation sites is 1. The Morgan fingerprint density at radius 1 is 0.947 bits per heavy atom. The van der Waals surface area contributed by atoms with Gasteiger partial charge in [0.2, 0.25) is 5.91 Å². The number of ether oxygens (including phenoxy) is 3. The van der Waals surface area contributed by atoms with Crippen molar-refractivity contribution in [1.82, 2.24) is 4.98 Å². The Morgan fingerprint density at radius 3 is 2.39 bits per heavy atom. The van der Waals surface area contributed by atoms with Gasteiger partial charge in [0, 0.05) is 21.5 Å². The third kappa shape index (κ3) is 7.27. The maximum absolute atomic E-state index is 12.8. The zero-order valence-corrected chi connectivity index (χ0v) is 22.7. The van der Waals surface area contributed by atoms with Gasteiger partial charge in [-0.2, -0.15) is 0 Å². The van der Waals surface area contributed by atoms with Gasteiger partial charge < -0.3 is 24.8 Å². The molecular weight excluding hydrogens is 522 g/mol. The summed E-state index contributed by atoms with van der Waals surface area (Å²) < 4.78 is 16.1. The van der Waals surface area contributed by atoms with Crippen LogP contribution in [0.1, 0.15) is 6.92 Å². The van der Waals surface area contributed by atoms with E-state index in [-0.39, 0.29) is 23.7 Å². The van der Waals surface area contributed by atoms with Gasteiger partial charge in [0.25, 0.3) is 5.91 Å². The molecule has 0 saturated heterocycles.